The van der Waals surface area contributed by atoms with Gasteiger partial charge in [-0.25, -0.2) is 0 Å². The summed E-state index contributed by atoms with van der Waals surface area (Å²) in [5, 5.41) is 0. The number of hydrogen-bond acceptors (Lipinski definition) is 2. The van der Waals surface area contributed by atoms with Crippen LogP contribution in [0, 0.1) is 0 Å². The molecule has 0 aromatic carbocycles. The molecule has 0 spiro atoms. The van der Waals surface area contributed by atoms with E-state index in [9.17, 15) is 0 Å². The molecule has 2 nitrogen and oxygen atoms in total. The molecule has 0 aromatic rings. The summed E-state index contributed by atoms with van der Waals surface area (Å²) in [6.07, 6.45) is 8.35. The maximum Gasteiger partial charge on any atom is 0.0383 e. The fraction of sp³-hybridized carbons (Fsp3) is 1.00. The highest BCUT2D eigenvalue weighted by Gasteiger charge is 2.33. The zero-order valence-corrected chi connectivity index (χ0v) is 9.89. The number of likely N-dealkylation sites (tertiary alicyclic amines) is 1. The summed E-state index contributed by atoms with van der Waals surface area (Å²) in [5.74, 6) is 0. The second-order valence-electron chi connectivity index (χ2n) is 5.13. The smallest absolute Gasteiger partial charge is 0.0383 e. The minimum Gasteiger partial charge on any atom is -0.323 e. The van der Waals surface area contributed by atoms with Gasteiger partial charge < -0.3 is 5.73 Å². The molecule has 0 aliphatic carbocycles. The summed E-state index contributed by atoms with van der Waals surface area (Å²) in [6, 6.07) is 0. The summed E-state index contributed by atoms with van der Waals surface area (Å²) in [7, 11) is 0. The van der Waals surface area contributed by atoms with E-state index in [2.05, 4.69) is 18.7 Å². The van der Waals surface area contributed by atoms with Crippen LogP contribution in [0.25, 0.3) is 0 Å². The second-order valence-corrected chi connectivity index (χ2v) is 5.13. The number of unbranched alkanes of at least 4 members (excludes halogenated alkanes) is 5. The van der Waals surface area contributed by atoms with Crippen molar-refractivity contribution in [3.05, 3.63) is 0 Å². The van der Waals surface area contributed by atoms with Gasteiger partial charge in [0.2, 0.25) is 0 Å². The highest BCUT2D eigenvalue weighted by atomic mass is 15.2. The molecule has 0 bridgehead atoms. The van der Waals surface area contributed by atoms with E-state index in [0.29, 0.717) is 0 Å². The van der Waals surface area contributed by atoms with Crippen molar-refractivity contribution in [3.8, 4) is 0 Å². The van der Waals surface area contributed by atoms with Crippen LogP contribution in [0.5, 0.6) is 0 Å². The molecule has 1 aliphatic heterocycles. The lowest BCUT2D eigenvalue weighted by Crippen LogP contribution is -2.65. The maximum absolute atomic E-state index is 5.94. The average Bonchev–Trinajstić information content (AvgIpc) is 2.07. The standard InChI is InChI=1S/C12H26N2/c1-3-4-5-6-7-8-9-14-10-12(2,13)11-14/h3-11,13H2,1-2H3. The first-order valence-corrected chi connectivity index (χ1v) is 6.15. The van der Waals surface area contributed by atoms with Crippen molar-refractivity contribution in [3.63, 3.8) is 0 Å². The summed E-state index contributed by atoms with van der Waals surface area (Å²) in [4.78, 5) is 2.47. The van der Waals surface area contributed by atoms with Gasteiger partial charge in [-0.2, -0.15) is 0 Å². The molecule has 0 atom stereocenters. The molecule has 0 unspecified atom stereocenters. The third-order valence-electron chi connectivity index (χ3n) is 3.00. The molecule has 84 valence electrons. The van der Waals surface area contributed by atoms with Gasteiger partial charge in [0, 0.05) is 18.6 Å². The lowest BCUT2D eigenvalue weighted by atomic mass is 9.93. The van der Waals surface area contributed by atoms with E-state index >= 15 is 0 Å². The van der Waals surface area contributed by atoms with Crippen molar-refractivity contribution >= 4 is 0 Å². The Kier molecular flexibility index (Phi) is 4.90. The predicted molar refractivity (Wildman–Crippen MR) is 62.4 cm³/mol. The number of hydrogen-bond donors (Lipinski definition) is 1. The molecule has 1 rings (SSSR count). The Balaban J connectivity index is 1.82. The summed E-state index contributed by atoms with van der Waals surface area (Å²) in [6.45, 7) is 7.87. The zero-order valence-electron chi connectivity index (χ0n) is 9.89. The van der Waals surface area contributed by atoms with Gasteiger partial charge in [-0.15, -0.1) is 0 Å². The number of nitrogens with two attached hydrogens (primary N) is 1. The Bertz CT molecular complexity index is 146. The van der Waals surface area contributed by atoms with E-state index < -0.39 is 0 Å². The fourth-order valence-electron chi connectivity index (χ4n) is 2.25. The molecule has 0 saturated carbocycles. The molecule has 2 N–H and O–H groups in total. The van der Waals surface area contributed by atoms with Crippen molar-refractivity contribution < 1.29 is 0 Å². The average molecular weight is 198 g/mol. The third-order valence-corrected chi connectivity index (χ3v) is 3.00. The van der Waals surface area contributed by atoms with Crippen LogP contribution in [0.1, 0.15) is 52.4 Å². The molecule has 1 heterocycles. The van der Waals surface area contributed by atoms with E-state index in [1.54, 1.807) is 0 Å². The van der Waals surface area contributed by atoms with Crippen LogP contribution >= 0.6 is 0 Å². The SMILES string of the molecule is CCCCCCCCN1CC(C)(N)C1. The van der Waals surface area contributed by atoms with E-state index in [1.807, 2.05) is 0 Å². The van der Waals surface area contributed by atoms with E-state index in [0.717, 1.165) is 13.1 Å². The minimum absolute atomic E-state index is 0.113. The molecule has 0 radical (unpaired) electrons. The molecule has 1 aliphatic rings. The summed E-state index contributed by atoms with van der Waals surface area (Å²) >= 11 is 0. The van der Waals surface area contributed by atoms with Gasteiger partial charge in [-0.05, 0) is 19.9 Å². The second kappa shape index (κ2) is 5.72. The van der Waals surface area contributed by atoms with Gasteiger partial charge in [0.05, 0.1) is 0 Å². The first kappa shape index (κ1) is 12.0. The van der Waals surface area contributed by atoms with Gasteiger partial charge in [-0.3, -0.25) is 4.90 Å². The van der Waals surface area contributed by atoms with E-state index in [-0.39, 0.29) is 5.54 Å². The minimum atomic E-state index is 0.113. The Morgan fingerprint density at radius 2 is 1.64 bits per heavy atom. The molecular weight excluding hydrogens is 172 g/mol. The molecule has 1 saturated heterocycles. The van der Waals surface area contributed by atoms with Crippen molar-refractivity contribution in [2.24, 2.45) is 5.73 Å². The Morgan fingerprint density at radius 1 is 1.07 bits per heavy atom. The van der Waals surface area contributed by atoms with Gasteiger partial charge in [0.1, 0.15) is 0 Å². The molecule has 1 fully saturated rings. The van der Waals surface area contributed by atoms with Crippen LogP contribution in [0.15, 0.2) is 0 Å². The Hall–Kier alpha value is -0.0800. The molecular formula is C12H26N2. The quantitative estimate of drug-likeness (QED) is 0.636. The van der Waals surface area contributed by atoms with Gasteiger partial charge >= 0.3 is 0 Å². The van der Waals surface area contributed by atoms with Gasteiger partial charge in [0.15, 0.2) is 0 Å². The highest BCUT2D eigenvalue weighted by molar-refractivity contribution is 4.95. The summed E-state index contributed by atoms with van der Waals surface area (Å²) in [5.41, 5.74) is 6.05. The van der Waals surface area contributed by atoms with Crippen LogP contribution in [-0.4, -0.2) is 30.1 Å². The largest absolute Gasteiger partial charge is 0.323 e. The maximum atomic E-state index is 5.94. The van der Waals surface area contributed by atoms with Crippen molar-refractivity contribution in [2.45, 2.75) is 57.9 Å². The monoisotopic (exact) mass is 198 g/mol. The predicted octanol–water partition coefficient (Wildman–Crippen LogP) is 2.38. The third kappa shape index (κ3) is 4.43. The first-order chi connectivity index (χ1) is 6.64. The first-order valence-electron chi connectivity index (χ1n) is 6.15. The van der Waals surface area contributed by atoms with Crippen LogP contribution in [-0.2, 0) is 0 Å². The highest BCUT2D eigenvalue weighted by Crippen LogP contribution is 2.17. The lowest BCUT2D eigenvalue weighted by molar-refractivity contribution is 0.0821. The molecule has 2 heteroatoms. The van der Waals surface area contributed by atoms with Crippen LogP contribution < -0.4 is 5.73 Å². The van der Waals surface area contributed by atoms with Crippen LogP contribution in [0.3, 0.4) is 0 Å². The molecule has 0 aromatic heterocycles. The molecule has 0 amide bonds. The topological polar surface area (TPSA) is 29.3 Å². The Morgan fingerprint density at radius 3 is 2.21 bits per heavy atom. The zero-order chi connectivity index (χ0) is 10.4. The van der Waals surface area contributed by atoms with E-state index in [1.165, 1.54) is 45.1 Å². The Labute approximate surface area is 88.8 Å². The van der Waals surface area contributed by atoms with E-state index in [4.69, 9.17) is 5.73 Å². The summed E-state index contributed by atoms with van der Waals surface area (Å²) < 4.78 is 0. The normalized spacial score (nSPS) is 20.8. The van der Waals surface area contributed by atoms with Gasteiger partial charge in [0.25, 0.3) is 0 Å². The number of rotatable bonds is 7. The van der Waals surface area contributed by atoms with Crippen molar-refractivity contribution in [1.82, 2.24) is 4.90 Å². The lowest BCUT2D eigenvalue weighted by Gasteiger charge is -2.45. The fourth-order valence-corrected chi connectivity index (χ4v) is 2.25. The van der Waals surface area contributed by atoms with Crippen molar-refractivity contribution in [1.29, 1.82) is 0 Å². The van der Waals surface area contributed by atoms with Crippen molar-refractivity contribution in [2.75, 3.05) is 19.6 Å². The van der Waals surface area contributed by atoms with Crippen LogP contribution in [0.2, 0.25) is 0 Å². The number of nitrogens with zero attached hydrogens (tertiary/aromatic N) is 1. The van der Waals surface area contributed by atoms with Crippen LogP contribution in [0.4, 0.5) is 0 Å². The molecule has 14 heavy (non-hydrogen) atoms. The van der Waals surface area contributed by atoms with Gasteiger partial charge in [-0.1, -0.05) is 39.0 Å².